The average Bonchev–Trinajstić information content (AvgIpc) is 2.97. The molecule has 0 saturated carbocycles. The van der Waals surface area contributed by atoms with Crippen molar-refractivity contribution in [2.45, 2.75) is 49.9 Å². The summed E-state index contributed by atoms with van der Waals surface area (Å²) in [5.41, 5.74) is 2.13. The van der Waals surface area contributed by atoms with Gasteiger partial charge in [-0.3, -0.25) is 4.98 Å². The van der Waals surface area contributed by atoms with Crippen molar-refractivity contribution in [3.05, 3.63) is 48.4 Å². The fourth-order valence-corrected chi connectivity index (χ4v) is 4.30. The van der Waals surface area contributed by atoms with Crippen LogP contribution in [0.5, 0.6) is 0 Å². The van der Waals surface area contributed by atoms with Gasteiger partial charge in [0.15, 0.2) is 14.9 Å². The van der Waals surface area contributed by atoms with Crippen LogP contribution >= 0.6 is 0 Å². The molecule has 3 rings (SSSR count). The lowest BCUT2D eigenvalue weighted by molar-refractivity contribution is 0.556. The Morgan fingerprint density at radius 1 is 1.16 bits per heavy atom. The summed E-state index contributed by atoms with van der Waals surface area (Å²) in [5, 5.41) is 0.133. The average molecular weight is 359 g/mol. The van der Waals surface area contributed by atoms with Crippen LogP contribution in [0.1, 0.15) is 45.7 Å². The topological polar surface area (TPSA) is 63.2 Å². The molecule has 0 aliphatic carbocycles. The number of nitrogens with zero attached hydrogens (tertiary/aromatic N) is 3. The molecule has 0 aromatic carbocycles. The van der Waals surface area contributed by atoms with Gasteiger partial charge >= 0.3 is 0 Å². The van der Waals surface area contributed by atoms with E-state index in [1.807, 2.05) is 18.3 Å². The highest BCUT2D eigenvalue weighted by Crippen LogP contribution is 2.38. The van der Waals surface area contributed by atoms with Crippen molar-refractivity contribution in [3.63, 3.8) is 0 Å². The van der Waals surface area contributed by atoms with Crippen molar-refractivity contribution >= 4 is 15.5 Å². The SMILES string of the molecule is CC1CC(c2cccnc2)N(c2ccc(S(=O)(=O)C(C)(C)C)nc2)C1. The Labute approximate surface area is 150 Å². The molecule has 0 amide bonds. The minimum Gasteiger partial charge on any atom is -0.363 e. The zero-order chi connectivity index (χ0) is 18.2. The summed E-state index contributed by atoms with van der Waals surface area (Å²) in [6.45, 7) is 8.23. The molecule has 1 aliphatic rings. The highest BCUT2D eigenvalue weighted by molar-refractivity contribution is 7.92. The smallest absolute Gasteiger partial charge is 0.200 e. The van der Waals surface area contributed by atoms with Gasteiger partial charge in [0.1, 0.15) is 0 Å². The Morgan fingerprint density at radius 3 is 2.48 bits per heavy atom. The first-order chi connectivity index (χ1) is 11.7. The number of hydrogen-bond acceptors (Lipinski definition) is 5. The molecule has 2 unspecified atom stereocenters. The third kappa shape index (κ3) is 3.40. The quantitative estimate of drug-likeness (QED) is 0.837. The van der Waals surface area contributed by atoms with Crippen molar-refractivity contribution < 1.29 is 8.42 Å². The molecule has 134 valence electrons. The highest BCUT2D eigenvalue weighted by Gasteiger charge is 2.34. The van der Waals surface area contributed by atoms with E-state index in [1.54, 1.807) is 39.2 Å². The van der Waals surface area contributed by atoms with E-state index < -0.39 is 14.6 Å². The third-order valence-electron chi connectivity index (χ3n) is 4.71. The molecule has 2 atom stereocenters. The maximum atomic E-state index is 12.5. The Balaban J connectivity index is 1.91. The normalized spacial score (nSPS) is 21.5. The Bertz CT molecular complexity index is 827. The van der Waals surface area contributed by atoms with Crippen molar-refractivity contribution in [2.75, 3.05) is 11.4 Å². The molecule has 0 radical (unpaired) electrons. The Hall–Kier alpha value is -1.95. The zero-order valence-corrected chi connectivity index (χ0v) is 16.0. The number of anilines is 1. The highest BCUT2D eigenvalue weighted by atomic mass is 32.2. The summed E-state index contributed by atoms with van der Waals surface area (Å²) in [7, 11) is -3.43. The van der Waals surface area contributed by atoms with E-state index in [4.69, 9.17) is 0 Å². The fraction of sp³-hybridized carbons (Fsp3) is 0.474. The van der Waals surface area contributed by atoms with E-state index in [0.29, 0.717) is 5.92 Å². The van der Waals surface area contributed by atoms with Crippen LogP contribution in [0.25, 0.3) is 0 Å². The first-order valence-corrected chi connectivity index (χ1v) is 10.1. The Kier molecular flexibility index (Phi) is 4.58. The molecular weight excluding hydrogens is 334 g/mol. The number of pyridine rings is 2. The molecule has 6 heteroatoms. The summed E-state index contributed by atoms with van der Waals surface area (Å²) < 4.78 is 24.2. The molecule has 1 fully saturated rings. The molecule has 1 aliphatic heterocycles. The van der Waals surface area contributed by atoms with Crippen molar-refractivity contribution in [1.82, 2.24) is 9.97 Å². The van der Waals surface area contributed by atoms with Gasteiger partial charge in [-0.15, -0.1) is 0 Å². The van der Waals surface area contributed by atoms with E-state index >= 15 is 0 Å². The fourth-order valence-electron chi connectivity index (χ4n) is 3.24. The minimum absolute atomic E-state index is 0.133. The molecule has 3 heterocycles. The van der Waals surface area contributed by atoms with Gasteiger partial charge in [0.05, 0.1) is 22.7 Å². The second-order valence-electron chi connectivity index (χ2n) is 7.77. The Morgan fingerprint density at radius 2 is 1.92 bits per heavy atom. The number of aromatic nitrogens is 2. The molecule has 0 N–H and O–H groups in total. The van der Waals surface area contributed by atoms with Crippen LogP contribution < -0.4 is 4.90 Å². The molecule has 25 heavy (non-hydrogen) atoms. The third-order valence-corrected chi connectivity index (χ3v) is 7.12. The summed E-state index contributed by atoms with van der Waals surface area (Å²) in [6, 6.07) is 7.78. The van der Waals surface area contributed by atoms with Gasteiger partial charge in [0.2, 0.25) is 0 Å². The standard InChI is InChI=1S/C19H25N3O2S/c1-14-10-17(15-6-5-9-20-11-15)22(13-14)16-7-8-18(21-12-16)25(23,24)19(2,3)4/h5-9,11-12,14,17H,10,13H2,1-4H3. The van der Waals surface area contributed by atoms with Gasteiger partial charge in [-0.2, -0.15) is 0 Å². The van der Waals surface area contributed by atoms with Crippen LogP contribution in [0.2, 0.25) is 0 Å². The predicted molar refractivity (Wildman–Crippen MR) is 99.3 cm³/mol. The summed E-state index contributed by atoms with van der Waals surface area (Å²) >= 11 is 0. The van der Waals surface area contributed by atoms with Crippen LogP contribution in [0.3, 0.4) is 0 Å². The minimum atomic E-state index is -3.43. The zero-order valence-electron chi connectivity index (χ0n) is 15.2. The molecular formula is C19H25N3O2S. The van der Waals surface area contributed by atoms with Crippen molar-refractivity contribution in [1.29, 1.82) is 0 Å². The molecule has 1 saturated heterocycles. The van der Waals surface area contributed by atoms with Gasteiger partial charge < -0.3 is 4.90 Å². The van der Waals surface area contributed by atoms with Gasteiger partial charge in [-0.1, -0.05) is 13.0 Å². The maximum Gasteiger partial charge on any atom is 0.200 e. The van der Waals surface area contributed by atoms with Gasteiger partial charge in [-0.05, 0) is 56.9 Å². The van der Waals surface area contributed by atoms with Crippen molar-refractivity contribution in [2.24, 2.45) is 5.92 Å². The van der Waals surface area contributed by atoms with E-state index in [-0.39, 0.29) is 11.1 Å². The van der Waals surface area contributed by atoms with E-state index in [9.17, 15) is 8.42 Å². The molecule has 5 nitrogen and oxygen atoms in total. The summed E-state index contributed by atoms with van der Waals surface area (Å²) in [4.78, 5) is 10.8. The largest absolute Gasteiger partial charge is 0.363 e. The lowest BCUT2D eigenvalue weighted by Gasteiger charge is -2.27. The van der Waals surface area contributed by atoms with E-state index in [1.165, 1.54) is 5.56 Å². The van der Waals surface area contributed by atoms with Crippen LogP contribution in [0.4, 0.5) is 5.69 Å². The van der Waals surface area contributed by atoms with Crippen LogP contribution in [-0.2, 0) is 9.84 Å². The predicted octanol–water partition coefficient (Wildman–Crippen LogP) is 3.64. The molecule has 0 spiro atoms. The molecule has 2 aromatic rings. The van der Waals surface area contributed by atoms with E-state index in [0.717, 1.165) is 18.7 Å². The maximum absolute atomic E-state index is 12.5. The van der Waals surface area contributed by atoms with Gasteiger partial charge in [0.25, 0.3) is 0 Å². The summed E-state index contributed by atoms with van der Waals surface area (Å²) in [5.74, 6) is 0.559. The summed E-state index contributed by atoms with van der Waals surface area (Å²) in [6.07, 6.45) is 6.41. The first kappa shape index (κ1) is 17.9. The number of hydrogen-bond donors (Lipinski definition) is 0. The first-order valence-electron chi connectivity index (χ1n) is 8.57. The van der Waals surface area contributed by atoms with Crippen LogP contribution in [0.15, 0.2) is 47.9 Å². The monoisotopic (exact) mass is 359 g/mol. The van der Waals surface area contributed by atoms with Crippen molar-refractivity contribution in [3.8, 4) is 0 Å². The second-order valence-corrected chi connectivity index (χ2v) is 10.4. The van der Waals surface area contributed by atoms with Crippen LogP contribution in [-0.4, -0.2) is 29.7 Å². The van der Waals surface area contributed by atoms with E-state index in [2.05, 4.69) is 27.9 Å². The lowest BCUT2D eigenvalue weighted by Crippen LogP contribution is -2.29. The molecule has 0 bridgehead atoms. The second kappa shape index (κ2) is 6.41. The number of sulfone groups is 1. The van der Waals surface area contributed by atoms with Crippen LogP contribution in [0, 0.1) is 5.92 Å². The number of rotatable bonds is 3. The van der Waals surface area contributed by atoms with Gasteiger partial charge in [-0.25, -0.2) is 13.4 Å². The molecule has 2 aromatic heterocycles. The lowest BCUT2D eigenvalue weighted by atomic mass is 10.0. The van der Waals surface area contributed by atoms with Gasteiger partial charge in [0, 0.05) is 18.9 Å².